The highest BCUT2D eigenvalue weighted by Crippen LogP contribution is 2.39. The summed E-state index contributed by atoms with van der Waals surface area (Å²) in [5.74, 6) is -0.718. The average molecular weight is 448 g/mol. The Labute approximate surface area is 186 Å². The van der Waals surface area contributed by atoms with Gasteiger partial charge >= 0.3 is 0 Å². The summed E-state index contributed by atoms with van der Waals surface area (Å²) in [7, 11) is 0. The Balaban J connectivity index is 1.83. The van der Waals surface area contributed by atoms with Crippen molar-refractivity contribution in [3.8, 4) is 0 Å². The lowest BCUT2D eigenvalue weighted by molar-refractivity contribution is -0.166. The molecule has 166 valence electrons. The lowest BCUT2D eigenvalue weighted by Gasteiger charge is -2.37. The number of nitrogens with one attached hydrogen (secondary N) is 1. The second-order valence-electron chi connectivity index (χ2n) is 7.39. The summed E-state index contributed by atoms with van der Waals surface area (Å²) in [6, 6.07) is 13.4. The first kappa shape index (κ1) is 23.3. The molecule has 0 aromatic heterocycles. The predicted octanol–water partition coefficient (Wildman–Crippen LogP) is 4.54. The predicted molar refractivity (Wildman–Crippen MR) is 117 cm³/mol. The van der Waals surface area contributed by atoms with E-state index in [-0.39, 0.29) is 42.5 Å². The number of rotatable bonds is 9. The van der Waals surface area contributed by atoms with Crippen LogP contribution in [-0.2, 0) is 20.8 Å². The van der Waals surface area contributed by atoms with Gasteiger partial charge in [-0.1, -0.05) is 35.9 Å². The molecule has 1 aliphatic heterocycles. The van der Waals surface area contributed by atoms with Crippen LogP contribution in [0.15, 0.2) is 60.4 Å². The topological polar surface area (TPSA) is 67.8 Å². The van der Waals surface area contributed by atoms with Gasteiger partial charge in [-0.2, -0.15) is 0 Å². The van der Waals surface area contributed by atoms with Crippen LogP contribution in [0.4, 0.5) is 4.39 Å². The van der Waals surface area contributed by atoms with E-state index in [4.69, 9.17) is 21.1 Å². The highest BCUT2D eigenvalue weighted by Gasteiger charge is 2.37. The molecule has 3 atom stereocenters. The van der Waals surface area contributed by atoms with Crippen molar-refractivity contribution in [2.75, 3.05) is 13.2 Å². The van der Waals surface area contributed by atoms with Crippen LogP contribution < -0.4 is 5.32 Å². The number of ether oxygens (including phenoxy) is 2. The summed E-state index contributed by atoms with van der Waals surface area (Å²) in [4.78, 5) is 12.8. The molecule has 1 amide bonds. The summed E-state index contributed by atoms with van der Waals surface area (Å²) in [5, 5.41) is 12.8. The second-order valence-corrected chi connectivity index (χ2v) is 7.83. The van der Waals surface area contributed by atoms with Crippen LogP contribution in [0.2, 0.25) is 5.02 Å². The minimum Gasteiger partial charge on any atom is -0.459 e. The minimum absolute atomic E-state index is 0.0669. The second kappa shape index (κ2) is 11.3. The van der Waals surface area contributed by atoms with Crippen LogP contribution in [0.25, 0.3) is 0 Å². The molecular formula is C24H27ClFNO4. The number of hydrogen-bond donors (Lipinski definition) is 2. The van der Waals surface area contributed by atoms with Crippen LogP contribution in [0.3, 0.4) is 0 Å². The number of amides is 1. The number of aliphatic hydroxyl groups is 1. The maximum Gasteiger partial charge on any atom is 0.286 e. The van der Waals surface area contributed by atoms with Crippen LogP contribution in [0.1, 0.15) is 36.8 Å². The summed E-state index contributed by atoms with van der Waals surface area (Å²) < 4.78 is 24.9. The van der Waals surface area contributed by atoms with E-state index in [0.29, 0.717) is 24.5 Å². The van der Waals surface area contributed by atoms with E-state index in [1.54, 1.807) is 18.2 Å². The lowest BCUT2D eigenvalue weighted by atomic mass is 9.80. The van der Waals surface area contributed by atoms with Crippen LogP contribution in [0, 0.1) is 11.7 Å². The van der Waals surface area contributed by atoms with Gasteiger partial charge in [0.05, 0.1) is 0 Å². The molecule has 1 heterocycles. The molecule has 7 heteroatoms. The molecule has 2 aromatic carbocycles. The molecule has 2 aromatic rings. The molecule has 0 saturated carbocycles. The van der Waals surface area contributed by atoms with Crippen molar-refractivity contribution >= 4 is 17.5 Å². The molecule has 3 rings (SSSR count). The van der Waals surface area contributed by atoms with E-state index in [2.05, 4.69) is 5.32 Å². The van der Waals surface area contributed by atoms with Crippen molar-refractivity contribution in [1.82, 2.24) is 5.32 Å². The smallest absolute Gasteiger partial charge is 0.286 e. The molecule has 0 saturated heterocycles. The monoisotopic (exact) mass is 447 g/mol. The van der Waals surface area contributed by atoms with Crippen molar-refractivity contribution in [2.45, 2.75) is 38.5 Å². The molecule has 0 spiro atoms. The fourth-order valence-electron chi connectivity index (χ4n) is 3.70. The molecule has 0 radical (unpaired) electrons. The summed E-state index contributed by atoms with van der Waals surface area (Å²) >= 11 is 6.05. The van der Waals surface area contributed by atoms with Crippen LogP contribution in [-0.4, -0.2) is 30.5 Å². The Hall–Kier alpha value is -2.41. The fourth-order valence-corrected chi connectivity index (χ4v) is 3.83. The summed E-state index contributed by atoms with van der Waals surface area (Å²) in [6.45, 7) is 2.62. The Morgan fingerprint density at radius 3 is 2.55 bits per heavy atom. The zero-order chi connectivity index (χ0) is 22.2. The van der Waals surface area contributed by atoms with Crippen molar-refractivity contribution in [1.29, 1.82) is 0 Å². The molecule has 2 N–H and O–H groups in total. The molecule has 5 nitrogen and oxygen atoms in total. The van der Waals surface area contributed by atoms with Gasteiger partial charge in [0.2, 0.25) is 6.29 Å². The first-order chi connectivity index (χ1) is 15.0. The summed E-state index contributed by atoms with van der Waals surface area (Å²) in [6.07, 6.45) is 2.46. The third kappa shape index (κ3) is 6.29. The van der Waals surface area contributed by atoms with Gasteiger partial charge in [-0.3, -0.25) is 4.79 Å². The van der Waals surface area contributed by atoms with Gasteiger partial charge in [0.15, 0.2) is 5.76 Å². The number of halogens is 2. The van der Waals surface area contributed by atoms with Gasteiger partial charge in [-0.15, -0.1) is 0 Å². The maximum absolute atomic E-state index is 13.1. The number of carbonyl (C=O) groups is 1. The highest BCUT2D eigenvalue weighted by atomic mass is 35.5. The quantitative estimate of drug-likeness (QED) is 0.592. The largest absolute Gasteiger partial charge is 0.459 e. The van der Waals surface area contributed by atoms with E-state index < -0.39 is 6.29 Å². The van der Waals surface area contributed by atoms with Gasteiger partial charge in [0, 0.05) is 36.6 Å². The zero-order valence-corrected chi connectivity index (χ0v) is 18.1. The van der Waals surface area contributed by atoms with Crippen LogP contribution in [0.5, 0.6) is 0 Å². The molecule has 0 fully saturated rings. The van der Waals surface area contributed by atoms with Gasteiger partial charge in [0.25, 0.3) is 5.91 Å². The first-order valence-corrected chi connectivity index (χ1v) is 10.8. The van der Waals surface area contributed by atoms with Crippen LogP contribution >= 0.6 is 11.6 Å². The number of hydrogen-bond acceptors (Lipinski definition) is 4. The van der Waals surface area contributed by atoms with Gasteiger partial charge in [0.1, 0.15) is 5.82 Å². The van der Waals surface area contributed by atoms with Crippen molar-refractivity contribution < 1.29 is 23.8 Å². The van der Waals surface area contributed by atoms with E-state index >= 15 is 0 Å². The molecule has 31 heavy (non-hydrogen) atoms. The maximum atomic E-state index is 13.1. The van der Waals surface area contributed by atoms with E-state index in [1.807, 2.05) is 31.2 Å². The van der Waals surface area contributed by atoms with Gasteiger partial charge < -0.3 is 19.9 Å². The normalized spacial score (nSPS) is 20.6. The third-order valence-electron chi connectivity index (χ3n) is 5.26. The summed E-state index contributed by atoms with van der Waals surface area (Å²) in [5.41, 5.74) is 1.77. The number of carbonyl (C=O) groups excluding carboxylic acids is 1. The third-order valence-corrected chi connectivity index (χ3v) is 5.51. The first-order valence-electron chi connectivity index (χ1n) is 10.4. The Morgan fingerprint density at radius 1 is 1.19 bits per heavy atom. The standard InChI is InChI=1S/C24H27ClFNO4/c1-2-30-24-20(4-3-13-28)21(17-7-9-18(25)10-8-17)14-22(31-24)23(29)27-15-16-5-11-19(26)12-6-16/h5-12,14,20-21,24,28H,2-4,13,15H2,1H3,(H,27,29)/t20-,21-,24-/m0/s1. The number of aliphatic hydroxyl groups excluding tert-OH is 1. The highest BCUT2D eigenvalue weighted by molar-refractivity contribution is 6.30. The average Bonchev–Trinajstić information content (AvgIpc) is 2.78. The molecular weight excluding hydrogens is 421 g/mol. The van der Waals surface area contributed by atoms with Crippen molar-refractivity contribution in [2.24, 2.45) is 5.92 Å². The SMILES string of the molecule is CCO[C@H]1OC(C(=O)NCc2ccc(F)cc2)=C[C@@H](c2ccc(Cl)cc2)[C@@H]1CCCO. The van der Waals surface area contributed by atoms with E-state index in [1.165, 1.54) is 12.1 Å². The number of allylic oxidation sites excluding steroid dienone is 1. The van der Waals surface area contributed by atoms with Gasteiger partial charge in [-0.05, 0) is 61.2 Å². The molecule has 0 unspecified atom stereocenters. The zero-order valence-electron chi connectivity index (χ0n) is 17.4. The molecule has 0 bridgehead atoms. The fraction of sp³-hybridized carbons (Fsp3) is 0.375. The minimum atomic E-state index is -0.617. The van der Waals surface area contributed by atoms with E-state index in [0.717, 1.165) is 11.1 Å². The van der Waals surface area contributed by atoms with Crippen molar-refractivity contribution in [3.63, 3.8) is 0 Å². The Kier molecular flexibility index (Phi) is 8.46. The van der Waals surface area contributed by atoms with E-state index in [9.17, 15) is 14.3 Å². The van der Waals surface area contributed by atoms with Crippen molar-refractivity contribution in [3.05, 3.63) is 82.3 Å². The molecule has 0 aliphatic carbocycles. The van der Waals surface area contributed by atoms with Gasteiger partial charge in [-0.25, -0.2) is 4.39 Å². The number of benzene rings is 2. The lowest BCUT2D eigenvalue weighted by Crippen LogP contribution is -2.39. The Bertz CT molecular complexity index is 885. The Morgan fingerprint density at radius 2 is 1.90 bits per heavy atom. The molecule has 1 aliphatic rings.